The summed E-state index contributed by atoms with van der Waals surface area (Å²) in [6.07, 6.45) is 0. The van der Waals surface area contributed by atoms with E-state index in [-0.39, 0.29) is 11.2 Å². The molecule has 4 rings (SSSR count). The summed E-state index contributed by atoms with van der Waals surface area (Å²) in [5.74, 6) is -0.436. The van der Waals surface area contributed by atoms with Crippen molar-refractivity contribution in [2.45, 2.75) is 6.92 Å². The average Bonchev–Trinajstić information content (AvgIpc) is 3.37. The molecule has 0 saturated heterocycles. The second-order valence-electron chi connectivity index (χ2n) is 6.49. The normalized spacial score (nSPS) is 11.2. The first-order valence-corrected chi connectivity index (χ1v) is 10.4. The number of nitrogens with zero attached hydrogens (tertiary/aromatic N) is 4. The molecular formula is C21H16ClN5O3S. The predicted molar refractivity (Wildman–Crippen MR) is 119 cm³/mol. The number of hydrogen-bond donors (Lipinski definition) is 1. The number of ether oxygens (including phenoxy) is 1. The summed E-state index contributed by atoms with van der Waals surface area (Å²) < 4.78 is 6.01. The second kappa shape index (κ2) is 8.66. The van der Waals surface area contributed by atoms with Crippen LogP contribution in [0, 0.1) is 6.92 Å². The van der Waals surface area contributed by atoms with Crippen LogP contribution in [0.1, 0.15) is 16.1 Å². The summed E-state index contributed by atoms with van der Waals surface area (Å²) in [7, 11) is 1.32. The van der Waals surface area contributed by atoms with E-state index in [4.69, 9.17) is 11.6 Å². The molecule has 0 amide bonds. The van der Waals surface area contributed by atoms with Crippen molar-refractivity contribution in [3.8, 4) is 16.4 Å². The first kappa shape index (κ1) is 20.7. The largest absolute Gasteiger partial charge is 0.465 e. The number of hydrogen-bond acceptors (Lipinski definition) is 7. The Morgan fingerprint density at radius 2 is 1.84 bits per heavy atom. The molecule has 0 radical (unpaired) electrons. The number of benzene rings is 2. The molecular weight excluding hydrogens is 438 g/mol. The van der Waals surface area contributed by atoms with Crippen molar-refractivity contribution < 1.29 is 9.53 Å². The highest BCUT2D eigenvalue weighted by Gasteiger charge is 2.15. The molecule has 4 aromatic rings. The predicted octanol–water partition coefficient (Wildman–Crippen LogP) is 5.45. The van der Waals surface area contributed by atoms with E-state index >= 15 is 0 Å². The molecule has 0 bridgehead atoms. The Kier molecular flexibility index (Phi) is 5.79. The van der Waals surface area contributed by atoms with Gasteiger partial charge in [-0.1, -0.05) is 23.7 Å². The minimum absolute atomic E-state index is 0.181. The third-order valence-electron chi connectivity index (χ3n) is 4.42. The van der Waals surface area contributed by atoms with Crippen LogP contribution in [-0.2, 0) is 4.74 Å². The van der Waals surface area contributed by atoms with E-state index in [2.05, 4.69) is 25.0 Å². The Bertz CT molecular complexity index is 1320. The summed E-state index contributed by atoms with van der Waals surface area (Å²) in [5.41, 5.74) is 2.93. The molecule has 1 N–H and O–H groups in total. The van der Waals surface area contributed by atoms with Crippen LogP contribution in [0.4, 0.5) is 11.4 Å². The summed E-state index contributed by atoms with van der Waals surface area (Å²) in [6, 6.07) is 13.7. The van der Waals surface area contributed by atoms with Crippen LogP contribution in [0.3, 0.4) is 0 Å². The summed E-state index contributed by atoms with van der Waals surface area (Å²) in [4.78, 5) is 28.9. The molecule has 0 unspecified atom stereocenters. The lowest BCUT2D eigenvalue weighted by Crippen LogP contribution is -2.13. The standard InChI is InChI=1S/C21H16ClN5O3S/c1-12-18(25-24-16-9-5-14(6-10-16)20(29)30-2)19(28)27(26-12)21-23-17(11-31-21)13-3-7-15(22)8-4-13/h3-11,26H,1-2H3. The Balaban J connectivity index is 1.59. The van der Waals surface area contributed by atoms with Crippen molar-refractivity contribution >= 4 is 40.3 Å². The van der Waals surface area contributed by atoms with E-state index in [1.165, 1.54) is 23.1 Å². The second-order valence-corrected chi connectivity index (χ2v) is 7.76. The van der Waals surface area contributed by atoms with E-state index in [1.807, 2.05) is 17.5 Å². The van der Waals surface area contributed by atoms with Gasteiger partial charge in [-0.3, -0.25) is 9.89 Å². The van der Waals surface area contributed by atoms with Gasteiger partial charge in [0.15, 0.2) is 5.69 Å². The minimum Gasteiger partial charge on any atom is -0.465 e. The van der Waals surface area contributed by atoms with Gasteiger partial charge in [0.25, 0.3) is 0 Å². The molecule has 0 atom stereocenters. The van der Waals surface area contributed by atoms with Crippen molar-refractivity contribution in [3.63, 3.8) is 0 Å². The van der Waals surface area contributed by atoms with Crippen molar-refractivity contribution in [3.05, 3.63) is 80.5 Å². The molecule has 31 heavy (non-hydrogen) atoms. The van der Waals surface area contributed by atoms with Crippen LogP contribution in [0.2, 0.25) is 5.02 Å². The number of aryl methyl sites for hydroxylation is 1. The zero-order valence-electron chi connectivity index (χ0n) is 16.5. The number of rotatable bonds is 5. The molecule has 0 aliphatic heterocycles. The number of methoxy groups -OCH3 is 1. The number of halogens is 1. The molecule has 2 aromatic heterocycles. The first-order chi connectivity index (χ1) is 15.0. The highest BCUT2D eigenvalue weighted by Crippen LogP contribution is 2.26. The van der Waals surface area contributed by atoms with Gasteiger partial charge in [0.2, 0.25) is 5.13 Å². The third kappa shape index (κ3) is 4.32. The minimum atomic E-state index is -0.436. The van der Waals surface area contributed by atoms with Crippen LogP contribution in [0.25, 0.3) is 16.4 Å². The van der Waals surface area contributed by atoms with Gasteiger partial charge in [0, 0.05) is 16.0 Å². The van der Waals surface area contributed by atoms with Crippen molar-refractivity contribution in [2.75, 3.05) is 7.11 Å². The van der Waals surface area contributed by atoms with Gasteiger partial charge in [-0.2, -0.15) is 9.80 Å². The fourth-order valence-electron chi connectivity index (χ4n) is 2.80. The van der Waals surface area contributed by atoms with Crippen molar-refractivity contribution in [1.82, 2.24) is 14.8 Å². The quantitative estimate of drug-likeness (QED) is 0.320. The number of nitrogens with one attached hydrogen (secondary N) is 1. The molecule has 0 saturated carbocycles. The molecule has 0 spiro atoms. The van der Waals surface area contributed by atoms with E-state index in [1.54, 1.807) is 43.3 Å². The maximum absolute atomic E-state index is 12.9. The van der Waals surface area contributed by atoms with Gasteiger partial charge in [0.05, 0.1) is 29.7 Å². The lowest BCUT2D eigenvalue weighted by molar-refractivity contribution is 0.0601. The number of esters is 1. The van der Waals surface area contributed by atoms with E-state index in [0.29, 0.717) is 27.1 Å². The fraction of sp³-hybridized carbons (Fsp3) is 0.0952. The molecule has 2 aromatic carbocycles. The van der Waals surface area contributed by atoms with Crippen molar-refractivity contribution in [1.29, 1.82) is 0 Å². The van der Waals surface area contributed by atoms with Gasteiger partial charge in [-0.05, 0) is 43.3 Å². The Hall–Kier alpha value is -3.56. The smallest absolute Gasteiger partial charge is 0.337 e. The Morgan fingerprint density at radius 1 is 1.13 bits per heavy atom. The number of aromatic amines is 1. The Morgan fingerprint density at radius 3 is 2.52 bits per heavy atom. The van der Waals surface area contributed by atoms with Crippen LogP contribution in [0.5, 0.6) is 0 Å². The molecule has 0 aliphatic rings. The SMILES string of the molecule is COC(=O)c1ccc(N=Nc2c(C)[nH]n(-c3nc(-c4ccc(Cl)cc4)cs3)c2=O)cc1. The van der Waals surface area contributed by atoms with Crippen molar-refractivity contribution in [2.24, 2.45) is 10.2 Å². The zero-order valence-corrected chi connectivity index (χ0v) is 18.1. The molecule has 0 aliphatic carbocycles. The van der Waals surface area contributed by atoms with Crippen LogP contribution in [0.15, 0.2) is 68.9 Å². The third-order valence-corrected chi connectivity index (χ3v) is 5.50. The molecule has 10 heteroatoms. The molecule has 2 heterocycles. The lowest BCUT2D eigenvalue weighted by Gasteiger charge is -1.98. The highest BCUT2D eigenvalue weighted by atomic mass is 35.5. The topological polar surface area (TPSA) is 102 Å². The highest BCUT2D eigenvalue weighted by molar-refractivity contribution is 7.12. The summed E-state index contributed by atoms with van der Waals surface area (Å²) >= 11 is 7.27. The van der Waals surface area contributed by atoms with Crippen LogP contribution < -0.4 is 5.56 Å². The molecule has 156 valence electrons. The number of carbonyl (C=O) groups is 1. The summed E-state index contributed by atoms with van der Waals surface area (Å²) in [5, 5.41) is 14.2. The number of H-pyrrole nitrogens is 1. The van der Waals surface area contributed by atoms with Gasteiger partial charge >= 0.3 is 11.5 Å². The van der Waals surface area contributed by atoms with E-state index in [0.717, 1.165) is 11.3 Å². The summed E-state index contributed by atoms with van der Waals surface area (Å²) in [6.45, 7) is 1.74. The van der Waals surface area contributed by atoms with E-state index in [9.17, 15) is 9.59 Å². The van der Waals surface area contributed by atoms with Gasteiger partial charge < -0.3 is 4.74 Å². The van der Waals surface area contributed by atoms with Crippen LogP contribution in [-0.4, -0.2) is 27.8 Å². The number of carbonyl (C=O) groups excluding carboxylic acids is 1. The monoisotopic (exact) mass is 453 g/mol. The maximum Gasteiger partial charge on any atom is 0.337 e. The fourth-order valence-corrected chi connectivity index (χ4v) is 3.72. The number of azo groups is 1. The number of aromatic nitrogens is 3. The Labute approximate surface area is 185 Å². The van der Waals surface area contributed by atoms with Gasteiger partial charge in [-0.25, -0.2) is 9.78 Å². The molecule has 0 fully saturated rings. The van der Waals surface area contributed by atoms with Gasteiger partial charge in [-0.15, -0.1) is 16.5 Å². The van der Waals surface area contributed by atoms with Gasteiger partial charge in [0.1, 0.15) is 0 Å². The average molecular weight is 454 g/mol. The first-order valence-electron chi connectivity index (χ1n) is 9.10. The lowest BCUT2D eigenvalue weighted by atomic mass is 10.2. The zero-order chi connectivity index (χ0) is 22.0. The number of thiazole rings is 1. The maximum atomic E-state index is 12.9. The molecule has 8 nitrogen and oxygen atoms in total. The van der Waals surface area contributed by atoms with Crippen LogP contribution >= 0.6 is 22.9 Å². The van der Waals surface area contributed by atoms with E-state index < -0.39 is 5.97 Å².